The van der Waals surface area contributed by atoms with Gasteiger partial charge in [-0.2, -0.15) is 0 Å². The first-order chi connectivity index (χ1) is 10.9. The van der Waals surface area contributed by atoms with Crippen LogP contribution in [-0.4, -0.2) is 40.7 Å². The van der Waals surface area contributed by atoms with Gasteiger partial charge in [-0.3, -0.25) is 4.98 Å². The number of hydrogen-bond acceptors (Lipinski definition) is 4. The number of carbonyl (C=O) groups is 1. The van der Waals surface area contributed by atoms with Crippen molar-refractivity contribution in [2.75, 3.05) is 13.1 Å². The number of benzene rings is 1. The van der Waals surface area contributed by atoms with Crippen LogP contribution in [0.3, 0.4) is 0 Å². The molecule has 1 fully saturated rings. The molecule has 1 aromatic heterocycles. The van der Waals surface area contributed by atoms with Gasteiger partial charge in [-0.05, 0) is 31.7 Å². The number of amides is 1. The zero-order chi connectivity index (χ0) is 16.4. The molecule has 5 heteroatoms. The molecule has 0 spiro atoms. The zero-order valence-corrected chi connectivity index (χ0v) is 13.9. The fourth-order valence-electron chi connectivity index (χ4n) is 2.66. The summed E-state index contributed by atoms with van der Waals surface area (Å²) in [5.74, 6) is 0. The number of nitrogens with one attached hydrogen (secondary N) is 1. The number of nitrogens with zero attached hydrogens (tertiary/aromatic N) is 2. The summed E-state index contributed by atoms with van der Waals surface area (Å²) in [7, 11) is 0. The summed E-state index contributed by atoms with van der Waals surface area (Å²) in [6.07, 6.45) is 3.55. The highest BCUT2D eigenvalue weighted by molar-refractivity contribution is 5.84. The molecule has 1 aromatic carbocycles. The van der Waals surface area contributed by atoms with E-state index in [4.69, 9.17) is 4.74 Å². The van der Waals surface area contributed by atoms with Gasteiger partial charge >= 0.3 is 6.09 Å². The summed E-state index contributed by atoms with van der Waals surface area (Å²) < 4.78 is 5.36. The van der Waals surface area contributed by atoms with Crippen LogP contribution >= 0.6 is 0 Å². The van der Waals surface area contributed by atoms with Gasteiger partial charge < -0.3 is 15.0 Å². The molecule has 0 radical (unpaired) electrons. The van der Waals surface area contributed by atoms with E-state index in [-0.39, 0.29) is 6.09 Å². The lowest BCUT2D eigenvalue weighted by Crippen LogP contribution is -2.60. The van der Waals surface area contributed by atoms with Crippen molar-refractivity contribution in [3.8, 4) is 0 Å². The Morgan fingerprint density at radius 2 is 2.04 bits per heavy atom. The molecule has 0 atom stereocenters. The Kier molecular flexibility index (Phi) is 4.22. The van der Waals surface area contributed by atoms with E-state index in [2.05, 4.69) is 22.4 Å². The van der Waals surface area contributed by atoms with Crippen molar-refractivity contribution >= 4 is 16.9 Å². The fourth-order valence-corrected chi connectivity index (χ4v) is 2.66. The highest BCUT2D eigenvalue weighted by Crippen LogP contribution is 2.19. The van der Waals surface area contributed by atoms with Gasteiger partial charge in [-0.15, -0.1) is 0 Å². The number of hydrogen-bond donors (Lipinski definition) is 1. The number of pyridine rings is 1. The van der Waals surface area contributed by atoms with Gasteiger partial charge in [0.05, 0.1) is 0 Å². The van der Waals surface area contributed by atoms with Crippen LogP contribution in [0.25, 0.3) is 10.8 Å². The van der Waals surface area contributed by atoms with Gasteiger partial charge in [0.25, 0.3) is 0 Å². The fraction of sp³-hybridized carbons (Fsp3) is 0.444. The molecule has 5 nitrogen and oxygen atoms in total. The molecule has 1 amide bonds. The summed E-state index contributed by atoms with van der Waals surface area (Å²) in [4.78, 5) is 17.9. The van der Waals surface area contributed by atoms with Gasteiger partial charge in [0.2, 0.25) is 0 Å². The topological polar surface area (TPSA) is 54.5 Å². The molecular formula is C18H23N3O2. The van der Waals surface area contributed by atoms with E-state index < -0.39 is 5.60 Å². The second kappa shape index (κ2) is 6.16. The summed E-state index contributed by atoms with van der Waals surface area (Å²) in [5, 5.41) is 5.86. The lowest BCUT2D eigenvalue weighted by molar-refractivity contribution is 0.00519. The molecule has 0 saturated carbocycles. The van der Waals surface area contributed by atoms with Crippen molar-refractivity contribution in [3.63, 3.8) is 0 Å². The van der Waals surface area contributed by atoms with Crippen LogP contribution in [0.2, 0.25) is 0 Å². The molecule has 1 aliphatic rings. The van der Waals surface area contributed by atoms with Crippen molar-refractivity contribution in [2.45, 2.75) is 39.0 Å². The van der Waals surface area contributed by atoms with Gasteiger partial charge in [0, 0.05) is 43.5 Å². The number of ether oxygens (including phenoxy) is 1. The highest BCUT2D eigenvalue weighted by Gasteiger charge is 2.33. The molecule has 122 valence electrons. The van der Waals surface area contributed by atoms with E-state index >= 15 is 0 Å². The smallest absolute Gasteiger partial charge is 0.410 e. The average molecular weight is 313 g/mol. The second-order valence-electron chi connectivity index (χ2n) is 6.98. The molecule has 2 aromatic rings. The van der Waals surface area contributed by atoms with Gasteiger partial charge in [-0.25, -0.2) is 4.79 Å². The van der Waals surface area contributed by atoms with Crippen molar-refractivity contribution < 1.29 is 9.53 Å². The first-order valence-electron chi connectivity index (χ1n) is 7.95. The van der Waals surface area contributed by atoms with Gasteiger partial charge in [0.15, 0.2) is 0 Å². The van der Waals surface area contributed by atoms with E-state index in [1.54, 1.807) is 4.90 Å². The SMILES string of the molecule is CC(C)(C)OC(=O)N1CC(NCc2cncc3ccccc23)C1. The van der Waals surface area contributed by atoms with Crippen LogP contribution < -0.4 is 5.32 Å². The van der Waals surface area contributed by atoms with Crippen LogP contribution in [-0.2, 0) is 11.3 Å². The Hall–Kier alpha value is -2.14. The van der Waals surface area contributed by atoms with Crippen molar-refractivity contribution in [1.82, 2.24) is 15.2 Å². The van der Waals surface area contributed by atoms with E-state index in [0.717, 1.165) is 11.9 Å². The molecule has 1 N–H and O–H groups in total. The average Bonchev–Trinajstić information content (AvgIpc) is 2.44. The number of carbonyl (C=O) groups excluding carboxylic acids is 1. The lowest BCUT2D eigenvalue weighted by atomic mass is 10.1. The van der Waals surface area contributed by atoms with E-state index in [0.29, 0.717) is 19.1 Å². The maximum absolute atomic E-state index is 11.9. The zero-order valence-electron chi connectivity index (χ0n) is 13.9. The van der Waals surface area contributed by atoms with Crippen LogP contribution in [0.5, 0.6) is 0 Å². The minimum Gasteiger partial charge on any atom is -0.444 e. The molecular weight excluding hydrogens is 290 g/mol. The van der Waals surface area contributed by atoms with Crippen molar-refractivity contribution in [3.05, 3.63) is 42.2 Å². The van der Waals surface area contributed by atoms with Gasteiger partial charge in [0.1, 0.15) is 5.60 Å². The Morgan fingerprint density at radius 3 is 2.78 bits per heavy atom. The van der Waals surface area contributed by atoms with Crippen LogP contribution in [0, 0.1) is 0 Å². The first kappa shape index (κ1) is 15.7. The molecule has 0 aliphatic carbocycles. The molecule has 2 heterocycles. The predicted molar refractivity (Wildman–Crippen MR) is 90.2 cm³/mol. The van der Waals surface area contributed by atoms with E-state index in [9.17, 15) is 4.79 Å². The number of fused-ring (bicyclic) bond motifs is 1. The minimum atomic E-state index is -0.440. The third-order valence-corrected chi connectivity index (χ3v) is 3.87. The summed E-state index contributed by atoms with van der Waals surface area (Å²) in [5.41, 5.74) is 0.739. The summed E-state index contributed by atoms with van der Waals surface area (Å²) in [6, 6.07) is 8.55. The standard InChI is InChI=1S/C18H23N3O2/c1-18(2,3)23-17(22)21-11-15(12-21)20-10-14-9-19-8-13-6-4-5-7-16(13)14/h4-9,15,20H,10-12H2,1-3H3. The van der Waals surface area contributed by atoms with Crippen LogP contribution in [0.15, 0.2) is 36.7 Å². The lowest BCUT2D eigenvalue weighted by Gasteiger charge is -2.40. The summed E-state index contributed by atoms with van der Waals surface area (Å²) in [6.45, 7) is 7.77. The third-order valence-electron chi connectivity index (χ3n) is 3.87. The normalized spacial score (nSPS) is 15.5. The minimum absolute atomic E-state index is 0.234. The first-order valence-corrected chi connectivity index (χ1v) is 7.95. The molecule has 23 heavy (non-hydrogen) atoms. The third kappa shape index (κ3) is 3.79. The molecule has 1 aliphatic heterocycles. The van der Waals surface area contributed by atoms with Crippen LogP contribution in [0.4, 0.5) is 4.79 Å². The van der Waals surface area contributed by atoms with E-state index in [1.165, 1.54) is 10.9 Å². The maximum Gasteiger partial charge on any atom is 0.410 e. The Morgan fingerprint density at radius 1 is 1.30 bits per heavy atom. The molecule has 0 bridgehead atoms. The molecule has 0 unspecified atom stereocenters. The van der Waals surface area contributed by atoms with Gasteiger partial charge in [-0.1, -0.05) is 24.3 Å². The number of aromatic nitrogens is 1. The summed E-state index contributed by atoms with van der Waals surface area (Å²) >= 11 is 0. The Bertz CT molecular complexity index is 697. The van der Waals surface area contributed by atoms with Crippen molar-refractivity contribution in [1.29, 1.82) is 0 Å². The highest BCUT2D eigenvalue weighted by atomic mass is 16.6. The maximum atomic E-state index is 11.9. The molecule has 1 saturated heterocycles. The second-order valence-corrected chi connectivity index (χ2v) is 6.98. The monoisotopic (exact) mass is 313 g/mol. The molecule has 3 rings (SSSR count). The quantitative estimate of drug-likeness (QED) is 0.946. The Labute approximate surface area is 136 Å². The number of rotatable bonds is 3. The van der Waals surface area contributed by atoms with Crippen molar-refractivity contribution in [2.24, 2.45) is 0 Å². The largest absolute Gasteiger partial charge is 0.444 e. The predicted octanol–water partition coefficient (Wildman–Crippen LogP) is 2.94. The Balaban J connectivity index is 1.52. The number of likely N-dealkylation sites (tertiary alicyclic amines) is 1. The van der Waals surface area contributed by atoms with Crippen LogP contribution in [0.1, 0.15) is 26.3 Å². The van der Waals surface area contributed by atoms with E-state index in [1.807, 2.05) is 45.3 Å².